The zero-order valence-electron chi connectivity index (χ0n) is 13.9. The Bertz CT molecular complexity index is 804. The largest absolute Gasteiger partial charge is 0.293 e. The van der Waals surface area contributed by atoms with Gasteiger partial charge in [0, 0.05) is 17.0 Å². The highest BCUT2D eigenvalue weighted by Gasteiger charge is 2.11. The first-order valence-electron chi connectivity index (χ1n) is 7.57. The highest BCUT2D eigenvalue weighted by atomic mass is 32.2. The predicted molar refractivity (Wildman–Crippen MR) is 106 cm³/mol. The Kier molecular flexibility index (Phi) is 7.73. The second-order valence-electron chi connectivity index (χ2n) is 5.20. The van der Waals surface area contributed by atoms with Gasteiger partial charge < -0.3 is 0 Å². The molecule has 1 aromatic carbocycles. The Hall–Kier alpha value is -1.10. The molecule has 0 fully saturated rings. The number of ketones is 1. The number of hydrogen-bond donors (Lipinski definition) is 1. The molecular formula is C15H19N3O3S4. The maximum absolute atomic E-state index is 12.2. The lowest BCUT2D eigenvalue weighted by molar-refractivity contribution is 0.102. The Balaban J connectivity index is 1.85. The van der Waals surface area contributed by atoms with Crippen LogP contribution in [-0.2, 0) is 10.0 Å². The first-order chi connectivity index (χ1) is 11.9. The summed E-state index contributed by atoms with van der Waals surface area (Å²) >= 11 is 4.57. The molecule has 0 spiro atoms. The second-order valence-corrected chi connectivity index (χ2v) is 10.5. The van der Waals surface area contributed by atoms with Crippen molar-refractivity contribution in [2.75, 3.05) is 22.5 Å². The molecule has 0 aliphatic rings. The van der Waals surface area contributed by atoms with E-state index in [2.05, 4.69) is 21.8 Å². The summed E-state index contributed by atoms with van der Waals surface area (Å²) < 4.78 is 26.4. The predicted octanol–water partition coefficient (Wildman–Crippen LogP) is 3.78. The van der Waals surface area contributed by atoms with Gasteiger partial charge in [0.05, 0.1) is 12.0 Å². The third-order valence-electron chi connectivity index (χ3n) is 2.95. The molecule has 6 nitrogen and oxygen atoms in total. The van der Waals surface area contributed by atoms with Gasteiger partial charge in [0.1, 0.15) is 0 Å². The van der Waals surface area contributed by atoms with Crippen molar-refractivity contribution >= 4 is 56.4 Å². The zero-order chi connectivity index (χ0) is 18.3. The van der Waals surface area contributed by atoms with Crippen molar-refractivity contribution in [2.24, 2.45) is 0 Å². The van der Waals surface area contributed by atoms with Crippen LogP contribution in [-0.4, -0.2) is 42.2 Å². The number of Topliss-reactive ketones (excluding diaryl/α,β-unsaturated/α-hetero) is 1. The number of aromatic nitrogens is 2. The summed E-state index contributed by atoms with van der Waals surface area (Å²) in [6.45, 7) is 2.15. The lowest BCUT2D eigenvalue weighted by atomic mass is 10.1. The zero-order valence-corrected chi connectivity index (χ0v) is 17.2. The number of benzene rings is 1. The van der Waals surface area contributed by atoms with Gasteiger partial charge in [0.25, 0.3) is 0 Å². The quantitative estimate of drug-likeness (QED) is 0.357. The molecule has 0 radical (unpaired) electrons. The second kappa shape index (κ2) is 9.56. The van der Waals surface area contributed by atoms with Crippen molar-refractivity contribution in [2.45, 2.75) is 28.4 Å². The minimum absolute atomic E-state index is 0.0358. The molecule has 0 bridgehead atoms. The Morgan fingerprint density at radius 3 is 2.40 bits per heavy atom. The van der Waals surface area contributed by atoms with Gasteiger partial charge in [-0.1, -0.05) is 48.2 Å². The highest BCUT2D eigenvalue weighted by Crippen LogP contribution is 2.29. The van der Waals surface area contributed by atoms with Crippen molar-refractivity contribution < 1.29 is 13.2 Å². The summed E-state index contributed by atoms with van der Waals surface area (Å²) in [6.07, 6.45) is 3.38. The standard InChI is InChI=1S/C15H19N3O3S4/c1-3-4-9-22-14-16-17-15(24-14)23-10-13(19)11-5-7-12(8-6-11)18-25(2,20)21/h5-8,18H,3-4,9-10H2,1-2H3. The van der Waals surface area contributed by atoms with Gasteiger partial charge in [-0.15, -0.1) is 10.2 Å². The molecule has 0 aliphatic heterocycles. The average molecular weight is 418 g/mol. The number of rotatable bonds is 10. The van der Waals surface area contributed by atoms with E-state index in [0.717, 1.165) is 33.5 Å². The van der Waals surface area contributed by atoms with Crippen LogP contribution >= 0.6 is 34.9 Å². The van der Waals surface area contributed by atoms with Gasteiger partial charge in [-0.2, -0.15) is 0 Å². The van der Waals surface area contributed by atoms with E-state index in [9.17, 15) is 13.2 Å². The lowest BCUT2D eigenvalue weighted by Crippen LogP contribution is -2.10. The van der Waals surface area contributed by atoms with Crippen LogP contribution in [0.1, 0.15) is 30.1 Å². The van der Waals surface area contributed by atoms with E-state index in [1.54, 1.807) is 36.0 Å². The van der Waals surface area contributed by atoms with E-state index in [4.69, 9.17) is 0 Å². The van der Waals surface area contributed by atoms with Crippen molar-refractivity contribution in [3.8, 4) is 0 Å². The van der Waals surface area contributed by atoms with Crippen LogP contribution in [0.3, 0.4) is 0 Å². The van der Waals surface area contributed by atoms with E-state index in [-0.39, 0.29) is 11.5 Å². The topological polar surface area (TPSA) is 89.0 Å². The van der Waals surface area contributed by atoms with Crippen molar-refractivity contribution in [1.29, 1.82) is 0 Å². The summed E-state index contributed by atoms with van der Waals surface area (Å²) in [7, 11) is -3.32. The Labute approximate surface area is 160 Å². The fourth-order valence-corrected chi connectivity index (χ4v) is 5.40. The number of sulfonamides is 1. The molecule has 0 saturated heterocycles. The van der Waals surface area contributed by atoms with Gasteiger partial charge in [-0.25, -0.2) is 8.42 Å². The summed E-state index contributed by atoms with van der Waals surface area (Å²) in [6, 6.07) is 6.38. The number of nitrogens with one attached hydrogen (secondary N) is 1. The van der Waals surface area contributed by atoms with Gasteiger partial charge in [-0.3, -0.25) is 9.52 Å². The molecule has 25 heavy (non-hydrogen) atoms. The summed E-state index contributed by atoms with van der Waals surface area (Å²) in [5.74, 6) is 1.27. The van der Waals surface area contributed by atoms with E-state index >= 15 is 0 Å². The first-order valence-corrected chi connectivity index (χ1v) is 12.3. The third-order valence-corrected chi connectivity index (χ3v) is 6.83. The molecule has 0 atom stereocenters. The van der Waals surface area contributed by atoms with Gasteiger partial charge in [0.15, 0.2) is 14.5 Å². The summed E-state index contributed by atoms with van der Waals surface area (Å²) in [5, 5.41) is 8.22. The number of hydrogen-bond acceptors (Lipinski definition) is 8. The molecular weight excluding hydrogens is 398 g/mol. The Morgan fingerprint density at radius 2 is 1.80 bits per heavy atom. The smallest absolute Gasteiger partial charge is 0.229 e. The van der Waals surface area contributed by atoms with Crippen LogP contribution in [0.2, 0.25) is 0 Å². The van der Waals surface area contributed by atoms with Crippen molar-refractivity contribution in [3.05, 3.63) is 29.8 Å². The maximum Gasteiger partial charge on any atom is 0.229 e. The number of carbonyl (C=O) groups is 1. The normalized spacial score (nSPS) is 11.4. The molecule has 2 aromatic rings. The number of thioether (sulfide) groups is 2. The number of anilines is 1. The van der Waals surface area contributed by atoms with Gasteiger partial charge in [0.2, 0.25) is 10.0 Å². The lowest BCUT2D eigenvalue weighted by Gasteiger charge is -2.04. The summed E-state index contributed by atoms with van der Waals surface area (Å²) in [5.41, 5.74) is 0.971. The Morgan fingerprint density at radius 1 is 1.16 bits per heavy atom. The van der Waals surface area contributed by atoms with Crippen molar-refractivity contribution in [3.63, 3.8) is 0 Å². The fraction of sp³-hybridized carbons (Fsp3) is 0.400. The van der Waals surface area contributed by atoms with Crippen LogP contribution < -0.4 is 4.72 Å². The number of carbonyl (C=O) groups excluding carboxylic acids is 1. The molecule has 0 amide bonds. The monoisotopic (exact) mass is 417 g/mol. The number of unbranched alkanes of at least 4 members (excludes halogenated alkanes) is 1. The van der Waals surface area contributed by atoms with Crippen LogP contribution in [0, 0.1) is 0 Å². The molecule has 0 unspecified atom stereocenters. The van der Waals surface area contributed by atoms with Crippen LogP contribution in [0.4, 0.5) is 5.69 Å². The molecule has 136 valence electrons. The molecule has 10 heteroatoms. The van der Waals surface area contributed by atoms with Crippen LogP contribution in [0.5, 0.6) is 0 Å². The van der Waals surface area contributed by atoms with Gasteiger partial charge in [-0.05, 0) is 30.7 Å². The SMILES string of the molecule is CCCCSc1nnc(SCC(=O)c2ccc(NS(C)(=O)=O)cc2)s1. The highest BCUT2D eigenvalue weighted by molar-refractivity contribution is 8.03. The van der Waals surface area contributed by atoms with Crippen molar-refractivity contribution in [1.82, 2.24) is 10.2 Å². The molecule has 1 N–H and O–H groups in total. The molecule has 2 rings (SSSR count). The number of nitrogens with zero attached hydrogens (tertiary/aromatic N) is 2. The molecule has 0 saturated carbocycles. The van der Waals surface area contributed by atoms with Crippen LogP contribution in [0.15, 0.2) is 32.9 Å². The van der Waals surface area contributed by atoms with Crippen LogP contribution in [0.25, 0.3) is 0 Å². The van der Waals surface area contributed by atoms with E-state index in [0.29, 0.717) is 11.3 Å². The minimum Gasteiger partial charge on any atom is -0.293 e. The fourth-order valence-electron chi connectivity index (χ4n) is 1.77. The van der Waals surface area contributed by atoms with E-state index in [1.807, 2.05) is 0 Å². The maximum atomic E-state index is 12.2. The minimum atomic E-state index is -3.32. The summed E-state index contributed by atoms with van der Waals surface area (Å²) in [4.78, 5) is 12.2. The molecule has 1 aromatic heterocycles. The van der Waals surface area contributed by atoms with E-state index in [1.165, 1.54) is 23.1 Å². The average Bonchev–Trinajstić information content (AvgIpc) is 3.00. The third kappa shape index (κ3) is 7.35. The first kappa shape index (κ1) is 20.2. The molecule has 0 aliphatic carbocycles. The molecule has 1 heterocycles. The van der Waals surface area contributed by atoms with E-state index < -0.39 is 10.0 Å². The van der Waals surface area contributed by atoms with Gasteiger partial charge >= 0.3 is 0 Å².